The second-order valence-corrected chi connectivity index (χ2v) is 3.96. The van der Waals surface area contributed by atoms with Gasteiger partial charge in [0.2, 0.25) is 5.91 Å². The van der Waals surface area contributed by atoms with E-state index in [0.29, 0.717) is 0 Å². The summed E-state index contributed by atoms with van der Waals surface area (Å²) in [5, 5.41) is 1.61. The van der Waals surface area contributed by atoms with E-state index in [2.05, 4.69) is 0 Å². The second-order valence-electron chi connectivity index (χ2n) is 3.96. The summed E-state index contributed by atoms with van der Waals surface area (Å²) in [5.74, 6) is 0.506. The first-order valence-electron chi connectivity index (χ1n) is 5.32. The average molecular weight is 183 g/mol. The van der Waals surface area contributed by atoms with Gasteiger partial charge in [0.25, 0.3) is 0 Å². The molecule has 1 aliphatic carbocycles. The molecule has 0 atom stereocenters. The first-order valence-corrected chi connectivity index (χ1v) is 5.32. The van der Waals surface area contributed by atoms with Gasteiger partial charge in [0.05, 0.1) is 6.61 Å². The molecule has 1 saturated carbocycles. The Balaban J connectivity index is 1.85. The lowest BCUT2D eigenvalue weighted by Gasteiger charge is -2.29. The quantitative estimate of drug-likeness (QED) is 0.619. The molecule has 3 heteroatoms. The Morgan fingerprint density at radius 1 is 1.15 bits per heavy atom. The molecule has 1 aliphatic heterocycles. The molecule has 1 heterocycles. The van der Waals surface area contributed by atoms with E-state index < -0.39 is 0 Å². The van der Waals surface area contributed by atoms with Crippen molar-refractivity contribution < 1.29 is 9.63 Å². The van der Waals surface area contributed by atoms with Crippen LogP contribution >= 0.6 is 0 Å². The maximum atomic E-state index is 11.7. The molecule has 0 aromatic carbocycles. The molecule has 0 radical (unpaired) electrons. The monoisotopic (exact) mass is 183 g/mol. The van der Waals surface area contributed by atoms with Gasteiger partial charge < -0.3 is 0 Å². The maximum absolute atomic E-state index is 11.7. The Morgan fingerprint density at radius 3 is 2.69 bits per heavy atom. The van der Waals surface area contributed by atoms with Crippen molar-refractivity contribution in [1.82, 2.24) is 5.06 Å². The highest BCUT2D eigenvalue weighted by atomic mass is 16.7. The summed E-state index contributed by atoms with van der Waals surface area (Å²) in [5.41, 5.74) is 0. The highest BCUT2D eigenvalue weighted by Gasteiger charge is 2.30. The molecule has 0 spiro atoms. The fourth-order valence-electron chi connectivity index (χ4n) is 1.81. The summed E-state index contributed by atoms with van der Waals surface area (Å²) in [6.45, 7) is 1.52. The standard InChI is InChI=1S/C10H17NO2/c12-10(9-5-4-6-9)11-7-2-1-3-8-13-11/h9H,1-8H2. The van der Waals surface area contributed by atoms with Gasteiger partial charge in [0, 0.05) is 12.5 Å². The molecule has 2 rings (SSSR count). The van der Waals surface area contributed by atoms with Gasteiger partial charge in [-0.2, -0.15) is 0 Å². The number of carbonyl (C=O) groups excluding carboxylic acids is 1. The van der Waals surface area contributed by atoms with Crippen molar-refractivity contribution >= 4 is 5.91 Å². The summed E-state index contributed by atoms with van der Waals surface area (Å²) in [7, 11) is 0. The van der Waals surface area contributed by atoms with Gasteiger partial charge in [-0.1, -0.05) is 6.42 Å². The summed E-state index contributed by atoms with van der Waals surface area (Å²) in [4.78, 5) is 17.1. The van der Waals surface area contributed by atoms with Crippen molar-refractivity contribution in [3.8, 4) is 0 Å². The normalized spacial score (nSPS) is 25.1. The van der Waals surface area contributed by atoms with Crippen molar-refractivity contribution in [2.45, 2.75) is 38.5 Å². The Kier molecular flexibility index (Phi) is 2.83. The van der Waals surface area contributed by atoms with Gasteiger partial charge in [0.15, 0.2) is 0 Å². The number of carbonyl (C=O) groups is 1. The first-order chi connectivity index (χ1) is 6.38. The fourth-order valence-corrected chi connectivity index (χ4v) is 1.81. The predicted octanol–water partition coefficient (Wildman–Crippen LogP) is 1.73. The van der Waals surface area contributed by atoms with Crippen LogP contribution in [0.2, 0.25) is 0 Å². The number of nitrogens with zero attached hydrogens (tertiary/aromatic N) is 1. The summed E-state index contributed by atoms with van der Waals surface area (Å²) >= 11 is 0. The van der Waals surface area contributed by atoms with E-state index in [0.717, 1.165) is 38.8 Å². The van der Waals surface area contributed by atoms with Crippen LogP contribution in [0, 0.1) is 5.92 Å². The molecule has 0 unspecified atom stereocenters. The minimum absolute atomic E-state index is 0.230. The van der Waals surface area contributed by atoms with Crippen LogP contribution in [0.5, 0.6) is 0 Å². The van der Waals surface area contributed by atoms with Crippen molar-refractivity contribution in [3.63, 3.8) is 0 Å². The molecule has 0 N–H and O–H groups in total. The zero-order chi connectivity index (χ0) is 9.10. The van der Waals surface area contributed by atoms with Crippen LogP contribution in [0.25, 0.3) is 0 Å². The lowest BCUT2D eigenvalue weighted by Crippen LogP contribution is -2.38. The van der Waals surface area contributed by atoms with Gasteiger partial charge in [0.1, 0.15) is 0 Å². The van der Waals surface area contributed by atoms with Crippen molar-refractivity contribution in [3.05, 3.63) is 0 Å². The third-order valence-electron chi connectivity index (χ3n) is 2.95. The molecular formula is C10H17NO2. The lowest BCUT2D eigenvalue weighted by atomic mass is 9.85. The van der Waals surface area contributed by atoms with Gasteiger partial charge >= 0.3 is 0 Å². The smallest absolute Gasteiger partial charge is 0.249 e. The number of amides is 1. The SMILES string of the molecule is O=C(C1CCC1)N1CCCCCO1. The van der Waals surface area contributed by atoms with E-state index in [9.17, 15) is 4.79 Å². The van der Waals surface area contributed by atoms with Crippen LogP contribution in [0.1, 0.15) is 38.5 Å². The Hall–Kier alpha value is -0.570. The largest absolute Gasteiger partial charge is 0.272 e. The fraction of sp³-hybridized carbons (Fsp3) is 0.900. The van der Waals surface area contributed by atoms with E-state index in [1.54, 1.807) is 5.06 Å². The third-order valence-corrected chi connectivity index (χ3v) is 2.95. The number of rotatable bonds is 1. The minimum atomic E-state index is 0.230. The van der Waals surface area contributed by atoms with E-state index in [1.807, 2.05) is 0 Å². The lowest BCUT2D eigenvalue weighted by molar-refractivity contribution is -0.190. The molecule has 1 amide bonds. The molecule has 0 aromatic rings. The molecule has 2 fully saturated rings. The van der Waals surface area contributed by atoms with E-state index in [1.165, 1.54) is 12.8 Å². The molecule has 3 nitrogen and oxygen atoms in total. The van der Waals surface area contributed by atoms with Crippen LogP contribution < -0.4 is 0 Å². The molecule has 0 aromatic heterocycles. The topological polar surface area (TPSA) is 29.5 Å². The molecule has 13 heavy (non-hydrogen) atoms. The summed E-state index contributed by atoms with van der Waals surface area (Å²) < 4.78 is 0. The van der Waals surface area contributed by atoms with Crippen LogP contribution in [0.4, 0.5) is 0 Å². The van der Waals surface area contributed by atoms with Gasteiger partial charge in [-0.25, -0.2) is 5.06 Å². The van der Waals surface area contributed by atoms with Crippen LogP contribution in [0.15, 0.2) is 0 Å². The second kappa shape index (κ2) is 4.09. The van der Waals surface area contributed by atoms with E-state index in [4.69, 9.17) is 4.84 Å². The summed E-state index contributed by atoms with van der Waals surface area (Å²) in [6, 6.07) is 0. The van der Waals surface area contributed by atoms with E-state index in [-0.39, 0.29) is 11.8 Å². The van der Waals surface area contributed by atoms with Crippen LogP contribution in [0.3, 0.4) is 0 Å². The number of hydrogen-bond donors (Lipinski definition) is 0. The Morgan fingerprint density at radius 2 is 2.00 bits per heavy atom. The maximum Gasteiger partial charge on any atom is 0.249 e. The van der Waals surface area contributed by atoms with Crippen molar-refractivity contribution in [1.29, 1.82) is 0 Å². The van der Waals surface area contributed by atoms with Crippen molar-refractivity contribution in [2.75, 3.05) is 13.2 Å². The van der Waals surface area contributed by atoms with Crippen molar-refractivity contribution in [2.24, 2.45) is 5.92 Å². The average Bonchev–Trinajstić information content (AvgIpc) is 2.27. The van der Waals surface area contributed by atoms with Crippen LogP contribution in [-0.4, -0.2) is 24.1 Å². The first kappa shape index (κ1) is 9.00. The molecule has 2 aliphatic rings. The molecular weight excluding hydrogens is 166 g/mol. The Bertz CT molecular complexity index is 181. The van der Waals surface area contributed by atoms with Gasteiger partial charge in [-0.3, -0.25) is 9.63 Å². The zero-order valence-electron chi connectivity index (χ0n) is 8.00. The third kappa shape index (κ3) is 2.02. The number of hydrogen-bond acceptors (Lipinski definition) is 2. The Labute approximate surface area is 79.0 Å². The van der Waals surface area contributed by atoms with E-state index >= 15 is 0 Å². The van der Waals surface area contributed by atoms with Gasteiger partial charge in [-0.15, -0.1) is 0 Å². The van der Waals surface area contributed by atoms with Gasteiger partial charge in [-0.05, 0) is 32.1 Å². The molecule has 1 saturated heterocycles. The molecule has 0 bridgehead atoms. The predicted molar refractivity (Wildman–Crippen MR) is 48.9 cm³/mol. The van der Waals surface area contributed by atoms with Crippen LogP contribution in [-0.2, 0) is 9.63 Å². The summed E-state index contributed by atoms with van der Waals surface area (Å²) in [6.07, 6.45) is 6.73. The minimum Gasteiger partial charge on any atom is -0.272 e. The molecule has 74 valence electrons. The zero-order valence-corrected chi connectivity index (χ0v) is 8.00. The highest BCUT2D eigenvalue weighted by Crippen LogP contribution is 2.28. The number of hydroxylamine groups is 2. The highest BCUT2D eigenvalue weighted by molar-refractivity contribution is 5.78.